The number of para-hydroxylation sites is 1. The summed E-state index contributed by atoms with van der Waals surface area (Å²) in [7, 11) is 0. The van der Waals surface area contributed by atoms with Gasteiger partial charge in [0.25, 0.3) is 5.91 Å². The average Bonchev–Trinajstić information content (AvgIpc) is 3.14. The van der Waals surface area contributed by atoms with Gasteiger partial charge in [0.2, 0.25) is 0 Å². The monoisotopic (exact) mass is 353 g/mol. The Kier molecular flexibility index (Phi) is 4.03. The van der Waals surface area contributed by atoms with Crippen LogP contribution in [0.4, 0.5) is 14.5 Å². The van der Waals surface area contributed by atoms with Crippen LogP contribution in [0.1, 0.15) is 27.9 Å². The van der Waals surface area contributed by atoms with Gasteiger partial charge in [0.1, 0.15) is 17.3 Å². The molecule has 0 aliphatic carbocycles. The smallest absolute Gasteiger partial charge is 0.261 e. The number of amides is 1. The predicted molar refractivity (Wildman–Crippen MR) is 94.7 cm³/mol. The number of aromatic nitrogens is 2. The van der Waals surface area contributed by atoms with E-state index >= 15 is 0 Å². The molecular weight excluding hydrogens is 336 g/mol. The largest absolute Gasteiger partial charge is 0.308 e. The molecule has 1 aliphatic heterocycles. The van der Waals surface area contributed by atoms with Gasteiger partial charge in [0.05, 0.1) is 17.4 Å². The van der Waals surface area contributed by atoms with E-state index in [-0.39, 0.29) is 17.4 Å². The first kappa shape index (κ1) is 16.4. The fraction of sp³-hybridized carbons (Fsp3) is 0.200. The quantitative estimate of drug-likeness (QED) is 0.697. The first-order chi connectivity index (χ1) is 12.6. The zero-order valence-corrected chi connectivity index (χ0v) is 14.2. The molecule has 2 aromatic carbocycles. The SMILES string of the molecule is Cc1ccc(F)c2c1N(C(=O)c1cnn(-c3ccccc3F)c1)CCC2. The minimum Gasteiger partial charge on any atom is -0.308 e. The molecule has 4 rings (SSSR count). The second-order valence-electron chi connectivity index (χ2n) is 6.38. The van der Waals surface area contributed by atoms with Gasteiger partial charge in [-0.25, -0.2) is 13.5 Å². The molecule has 1 amide bonds. The second-order valence-corrected chi connectivity index (χ2v) is 6.38. The maximum absolute atomic E-state index is 14.2. The maximum Gasteiger partial charge on any atom is 0.261 e. The van der Waals surface area contributed by atoms with Gasteiger partial charge < -0.3 is 4.90 Å². The van der Waals surface area contributed by atoms with Crippen LogP contribution in [0.2, 0.25) is 0 Å². The van der Waals surface area contributed by atoms with Crippen LogP contribution in [0.5, 0.6) is 0 Å². The molecule has 2 heterocycles. The molecule has 0 bridgehead atoms. The van der Waals surface area contributed by atoms with E-state index in [1.54, 1.807) is 29.2 Å². The summed E-state index contributed by atoms with van der Waals surface area (Å²) in [6.45, 7) is 2.38. The molecule has 0 fully saturated rings. The van der Waals surface area contributed by atoms with E-state index in [1.165, 1.54) is 29.2 Å². The Bertz CT molecular complexity index is 996. The maximum atomic E-state index is 14.2. The highest BCUT2D eigenvalue weighted by Crippen LogP contribution is 2.33. The number of benzene rings is 2. The Balaban J connectivity index is 1.71. The molecule has 6 heteroatoms. The molecule has 0 spiro atoms. The van der Waals surface area contributed by atoms with Gasteiger partial charge in [-0.05, 0) is 43.5 Å². The van der Waals surface area contributed by atoms with Gasteiger partial charge in [0, 0.05) is 18.3 Å². The van der Waals surface area contributed by atoms with E-state index in [0.29, 0.717) is 36.2 Å². The topological polar surface area (TPSA) is 38.1 Å². The van der Waals surface area contributed by atoms with Gasteiger partial charge in [-0.3, -0.25) is 4.79 Å². The lowest BCUT2D eigenvalue weighted by Crippen LogP contribution is -2.36. The van der Waals surface area contributed by atoms with Crippen LogP contribution >= 0.6 is 0 Å². The third-order valence-corrected chi connectivity index (χ3v) is 4.68. The van der Waals surface area contributed by atoms with Gasteiger partial charge in [-0.1, -0.05) is 18.2 Å². The standard InChI is InChI=1S/C20H17F2N3O/c1-13-8-9-16(21)15-5-4-10-24(19(13)15)20(26)14-11-23-25(12-14)18-7-3-2-6-17(18)22/h2-3,6-9,11-12H,4-5,10H2,1H3. The van der Waals surface area contributed by atoms with E-state index in [1.807, 2.05) is 6.92 Å². The fourth-order valence-electron chi connectivity index (χ4n) is 3.43. The molecule has 1 aliphatic rings. The minimum atomic E-state index is -0.421. The summed E-state index contributed by atoms with van der Waals surface area (Å²) < 4.78 is 29.4. The number of hydrogen-bond acceptors (Lipinski definition) is 2. The number of fused-ring (bicyclic) bond motifs is 1. The van der Waals surface area contributed by atoms with Crippen molar-refractivity contribution >= 4 is 11.6 Å². The number of anilines is 1. The number of carbonyl (C=O) groups is 1. The Hall–Kier alpha value is -3.02. The van der Waals surface area contributed by atoms with E-state index < -0.39 is 5.82 Å². The zero-order valence-electron chi connectivity index (χ0n) is 14.2. The van der Waals surface area contributed by atoms with Crippen LogP contribution in [0.3, 0.4) is 0 Å². The van der Waals surface area contributed by atoms with Gasteiger partial charge in [-0.15, -0.1) is 0 Å². The number of aryl methyl sites for hydroxylation is 1. The third-order valence-electron chi connectivity index (χ3n) is 4.68. The number of halogens is 2. The lowest BCUT2D eigenvalue weighted by Gasteiger charge is -2.31. The molecular formula is C20H17F2N3O. The van der Waals surface area contributed by atoms with Crippen molar-refractivity contribution in [2.75, 3.05) is 11.4 Å². The normalized spacial score (nSPS) is 13.6. The summed E-state index contributed by atoms with van der Waals surface area (Å²) in [5, 5.41) is 4.11. The van der Waals surface area contributed by atoms with Crippen LogP contribution in [0.25, 0.3) is 5.69 Å². The Labute approximate surface area is 149 Å². The molecule has 0 N–H and O–H groups in total. The molecule has 0 radical (unpaired) electrons. The van der Waals surface area contributed by atoms with Crippen molar-refractivity contribution in [2.45, 2.75) is 19.8 Å². The summed E-state index contributed by atoms with van der Waals surface area (Å²) in [6.07, 6.45) is 4.23. The lowest BCUT2D eigenvalue weighted by molar-refractivity contribution is 0.0985. The molecule has 3 aromatic rings. The first-order valence-corrected chi connectivity index (χ1v) is 8.45. The first-order valence-electron chi connectivity index (χ1n) is 8.45. The van der Waals surface area contributed by atoms with Crippen molar-refractivity contribution in [3.05, 3.63) is 77.1 Å². The summed E-state index contributed by atoms with van der Waals surface area (Å²) in [5.41, 5.74) is 2.68. The Morgan fingerprint density at radius 3 is 2.73 bits per heavy atom. The van der Waals surface area contributed by atoms with Crippen LogP contribution in [-0.4, -0.2) is 22.2 Å². The van der Waals surface area contributed by atoms with Gasteiger partial charge >= 0.3 is 0 Å². The minimum absolute atomic E-state index is 0.262. The third kappa shape index (κ3) is 2.67. The number of carbonyl (C=O) groups excluding carboxylic acids is 1. The molecule has 4 nitrogen and oxygen atoms in total. The van der Waals surface area contributed by atoms with Crippen LogP contribution in [-0.2, 0) is 6.42 Å². The molecule has 1 aromatic heterocycles. The van der Waals surface area contributed by atoms with Crippen molar-refractivity contribution in [3.8, 4) is 5.69 Å². The predicted octanol–water partition coefficient (Wildman–Crippen LogP) is 4.05. The van der Waals surface area contributed by atoms with Crippen LogP contribution < -0.4 is 4.90 Å². The molecule has 0 saturated heterocycles. The molecule has 0 atom stereocenters. The summed E-state index contributed by atoms with van der Waals surface area (Å²) in [4.78, 5) is 14.6. The van der Waals surface area contributed by atoms with E-state index in [9.17, 15) is 13.6 Å². The molecule has 132 valence electrons. The zero-order chi connectivity index (χ0) is 18.3. The van der Waals surface area contributed by atoms with Gasteiger partial charge in [0.15, 0.2) is 0 Å². The second kappa shape index (κ2) is 6.37. The fourth-order valence-corrected chi connectivity index (χ4v) is 3.43. The van der Waals surface area contributed by atoms with Crippen molar-refractivity contribution in [2.24, 2.45) is 0 Å². The number of nitrogens with zero attached hydrogens (tertiary/aromatic N) is 3. The highest BCUT2D eigenvalue weighted by atomic mass is 19.1. The number of hydrogen-bond donors (Lipinski definition) is 0. The molecule has 0 unspecified atom stereocenters. The average molecular weight is 353 g/mol. The Morgan fingerprint density at radius 1 is 1.12 bits per heavy atom. The Morgan fingerprint density at radius 2 is 1.92 bits per heavy atom. The highest BCUT2D eigenvalue weighted by molar-refractivity contribution is 6.07. The highest BCUT2D eigenvalue weighted by Gasteiger charge is 2.28. The summed E-state index contributed by atoms with van der Waals surface area (Å²) in [6, 6.07) is 9.35. The van der Waals surface area contributed by atoms with E-state index in [0.717, 1.165) is 5.56 Å². The molecule has 26 heavy (non-hydrogen) atoms. The van der Waals surface area contributed by atoms with E-state index in [4.69, 9.17) is 0 Å². The summed E-state index contributed by atoms with van der Waals surface area (Å²) in [5.74, 6) is -0.969. The van der Waals surface area contributed by atoms with E-state index in [2.05, 4.69) is 5.10 Å². The van der Waals surface area contributed by atoms with Crippen molar-refractivity contribution < 1.29 is 13.6 Å². The summed E-state index contributed by atoms with van der Waals surface area (Å²) >= 11 is 0. The van der Waals surface area contributed by atoms with Gasteiger partial charge in [-0.2, -0.15) is 5.10 Å². The van der Waals surface area contributed by atoms with Crippen LogP contribution in [0, 0.1) is 18.6 Å². The van der Waals surface area contributed by atoms with Crippen molar-refractivity contribution in [3.63, 3.8) is 0 Å². The lowest BCUT2D eigenvalue weighted by atomic mass is 9.97. The van der Waals surface area contributed by atoms with Crippen molar-refractivity contribution in [1.29, 1.82) is 0 Å². The van der Waals surface area contributed by atoms with Crippen molar-refractivity contribution in [1.82, 2.24) is 9.78 Å². The number of rotatable bonds is 2. The molecule has 0 saturated carbocycles. The van der Waals surface area contributed by atoms with Crippen LogP contribution in [0.15, 0.2) is 48.8 Å².